The molecule has 3 heteroatoms. The summed E-state index contributed by atoms with van der Waals surface area (Å²) in [5, 5.41) is 0. The van der Waals surface area contributed by atoms with E-state index in [1.54, 1.807) is 0 Å². The van der Waals surface area contributed by atoms with Gasteiger partial charge in [0.25, 0.3) is 0 Å². The summed E-state index contributed by atoms with van der Waals surface area (Å²) in [4.78, 5) is 0. The molecule has 128 valence electrons. The Morgan fingerprint density at radius 2 is 1.00 bits per heavy atom. The zero-order valence-corrected chi connectivity index (χ0v) is 18.7. The molecule has 0 aromatic carbocycles. The molecule has 2 aliphatic rings. The fourth-order valence-electron chi connectivity index (χ4n) is 3.58. The van der Waals surface area contributed by atoms with Crippen molar-refractivity contribution in [3.63, 3.8) is 0 Å². The third kappa shape index (κ3) is 14.6. The Kier molecular flexibility index (Phi) is 18.7. The van der Waals surface area contributed by atoms with E-state index in [1.165, 1.54) is 89.9 Å². The maximum absolute atomic E-state index is 4.93. The fourth-order valence-corrected chi connectivity index (χ4v) is 3.58. The van der Waals surface area contributed by atoms with Crippen molar-refractivity contribution in [3.8, 4) is 0 Å². The Labute approximate surface area is 150 Å². The van der Waals surface area contributed by atoms with E-state index in [4.69, 9.17) is 18.8 Å². The third-order valence-corrected chi connectivity index (χ3v) is 4.88. The van der Waals surface area contributed by atoms with E-state index in [-0.39, 0.29) is 0 Å². The topological polar surface area (TPSA) is 0 Å². The van der Waals surface area contributed by atoms with Gasteiger partial charge in [-0.1, -0.05) is 104 Å². The van der Waals surface area contributed by atoms with Gasteiger partial charge in [-0.2, -0.15) is 0 Å². The Morgan fingerprint density at radius 1 is 0.714 bits per heavy atom. The van der Waals surface area contributed by atoms with Gasteiger partial charge >= 0.3 is 35.3 Å². The van der Waals surface area contributed by atoms with Crippen molar-refractivity contribution in [2.24, 2.45) is 11.8 Å². The van der Waals surface area contributed by atoms with Crippen molar-refractivity contribution in [3.05, 3.63) is 0 Å². The van der Waals surface area contributed by atoms with Gasteiger partial charge in [-0.15, -0.1) is 0 Å². The van der Waals surface area contributed by atoms with Gasteiger partial charge in [0, 0.05) is 0 Å². The number of rotatable bonds is 6. The van der Waals surface area contributed by atoms with Crippen LogP contribution in [0.1, 0.15) is 104 Å². The Balaban J connectivity index is 0.000000322. The van der Waals surface area contributed by atoms with Crippen LogP contribution in [0.15, 0.2) is 0 Å². The van der Waals surface area contributed by atoms with Gasteiger partial charge in [0.15, 0.2) is 0 Å². The molecule has 0 aromatic rings. The normalized spacial score (nSPS) is 18.9. The third-order valence-electron chi connectivity index (χ3n) is 4.88. The molecule has 2 fully saturated rings. The molecule has 0 spiro atoms. The Bertz CT molecular complexity index is 168. The summed E-state index contributed by atoms with van der Waals surface area (Å²) in [6.45, 7) is 4.57. The molecule has 0 N–H and O–H groups in total. The molecule has 0 nitrogen and oxygen atoms in total. The summed E-state index contributed by atoms with van der Waals surface area (Å²) in [5.41, 5.74) is 0. The van der Waals surface area contributed by atoms with Crippen LogP contribution in [0.25, 0.3) is 0 Å². The van der Waals surface area contributed by atoms with Crippen LogP contribution in [-0.4, -0.2) is 0 Å². The average Bonchev–Trinajstić information content (AvgIpc) is 3.18. The van der Waals surface area contributed by atoms with Crippen molar-refractivity contribution >= 4 is 18.8 Å². The van der Waals surface area contributed by atoms with E-state index < -0.39 is 16.5 Å². The minimum absolute atomic E-state index is 0.806. The molecule has 0 aliphatic heterocycles. The average molecular weight is 507 g/mol. The molecule has 0 radical (unpaired) electrons. The molecule has 0 heterocycles. The van der Waals surface area contributed by atoms with Crippen LogP contribution in [0, 0.1) is 11.8 Å². The molecule has 0 bridgehead atoms. The van der Waals surface area contributed by atoms with E-state index in [1.807, 2.05) is 0 Å². The number of hydrogen-bond acceptors (Lipinski definition) is 0. The first-order chi connectivity index (χ1) is 10.3. The van der Waals surface area contributed by atoms with Crippen molar-refractivity contribution in [2.75, 3.05) is 0 Å². The summed E-state index contributed by atoms with van der Waals surface area (Å²) in [6.07, 6.45) is 20.9. The van der Waals surface area contributed by atoms with Crippen molar-refractivity contribution in [1.29, 1.82) is 0 Å². The molecule has 0 unspecified atom stereocenters. The van der Waals surface area contributed by atoms with E-state index in [0.717, 1.165) is 11.8 Å². The fraction of sp³-hybridized carbons (Fsp3) is 1.00. The Hall–Kier alpha value is 1.27. The standard InChI is InChI=1S/2C9H18.2ClH.W/c2*1-2-3-6-9-7-4-5-8-9;;;/h2*9H,2-8H2,1H3;2*1H;/q;;;;+2/p-2. The van der Waals surface area contributed by atoms with E-state index in [0.29, 0.717) is 0 Å². The SMILES string of the molecule is CCCCC1CCCC1.CCCCC1CCCC1.[Cl][W][Cl]. The first-order valence-corrected chi connectivity index (χ1v) is 16.4. The van der Waals surface area contributed by atoms with Gasteiger partial charge in [-0.3, -0.25) is 0 Å². The van der Waals surface area contributed by atoms with Gasteiger partial charge in [0.1, 0.15) is 0 Å². The number of halogens is 2. The minimum atomic E-state index is -0.806. The monoisotopic (exact) mass is 506 g/mol. The summed E-state index contributed by atoms with van der Waals surface area (Å²) < 4.78 is 0. The predicted octanol–water partition coefficient (Wildman–Crippen LogP) is 8.11. The van der Waals surface area contributed by atoms with Gasteiger partial charge in [0.2, 0.25) is 0 Å². The molecule has 2 saturated carbocycles. The number of unbranched alkanes of at least 4 members (excludes halogenated alkanes) is 2. The molecule has 0 amide bonds. The summed E-state index contributed by atoms with van der Waals surface area (Å²) in [5.74, 6) is 2.23. The number of hydrogen-bond donors (Lipinski definition) is 0. The van der Waals surface area contributed by atoms with Crippen LogP contribution in [0.3, 0.4) is 0 Å². The molecule has 21 heavy (non-hydrogen) atoms. The second-order valence-corrected chi connectivity index (χ2v) is 10.9. The van der Waals surface area contributed by atoms with Crippen LogP contribution in [0.2, 0.25) is 0 Å². The van der Waals surface area contributed by atoms with Crippen molar-refractivity contribution in [2.45, 2.75) is 104 Å². The second-order valence-electron chi connectivity index (χ2n) is 6.64. The molecule has 0 saturated heterocycles. The summed E-state index contributed by atoms with van der Waals surface area (Å²) >= 11 is -0.806. The zero-order valence-electron chi connectivity index (χ0n) is 14.2. The maximum atomic E-state index is 4.93. The van der Waals surface area contributed by atoms with Gasteiger partial charge in [-0.05, 0) is 11.8 Å². The first kappa shape index (κ1) is 22.3. The second kappa shape index (κ2) is 17.6. The summed E-state index contributed by atoms with van der Waals surface area (Å²) in [7, 11) is 9.86. The van der Waals surface area contributed by atoms with Crippen LogP contribution in [0.5, 0.6) is 0 Å². The van der Waals surface area contributed by atoms with Gasteiger partial charge in [0.05, 0.1) is 0 Å². The van der Waals surface area contributed by atoms with E-state index in [2.05, 4.69) is 13.8 Å². The summed E-state index contributed by atoms with van der Waals surface area (Å²) in [6, 6.07) is 0. The van der Waals surface area contributed by atoms with Crippen molar-refractivity contribution in [1.82, 2.24) is 0 Å². The molecule has 2 rings (SSSR count). The van der Waals surface area contributed by atoms with Crippen LogP contribution in [-0.2, 0) is 16.5 Å². The molecular formula is C18H36Cl2W. The van der Waals surface area contributed by atoms with Crippen LogP contribution in [0.4, 0.5) is 0 Å². The molecular weight excluding hydrogens is 471 g/mol. The van der Waals surface area contributed by atoms with Crippen molar-refractivity contribution < 1.29 is 16.5 Å². The molecule has 0 aromatic heterocycles. The van der Waals surface area contributed by atoms with Crippen LogP contribution < -0.4 is 0 Å². The zero-order chi connectivity index (χ0) is 15.8. The van der Waals surface area contributed by atoms with E-state index >= 15 is 0 Å². The molecule has 2 aliphatic carbocycles. The predicted molar refractivity (Wildman–Crippen MR) is 94.7 cm³/mol. The first-order valence-electron chi connectivity index (χ1n) is 9.17. The Morgan fingerprint density at radius 3 is 1.24 bits per heavy atom. The molecule has 0 atom stereocenters. The van der Waals surface area contributed by atoms with Gasteiger partial charge < -0.3 is 0 Å². The van der Waals surface area contributed by atoms with E-state index in [9.17, 15) is 0 Å². The quantitative estimate of drug-likeness (QED) is 0.341. The van der Waals surface area contributed by atoms with Gasteiger partial charge in [-0.25, -0.2) is 0 Å². The van der Waals surface area contributed by atoms with Crippen LogP contribution >= 0.6 is 18.8 Å².